The maximum Gasteiger partial charge on any atom is 0.270 e. The molecule has 1 aliphatic heterocycles. The van der Waals surface area contributed by atoms with Gasteiger partial charge in [0.25, 0.3) is 5.91 Å². The van der Waals surface area contributed by atoms with E-state index >= 15 is 0 Å². The molecule has 25 heavy (non-hydrogen) atoms. The van der Waals surface area contributed by atoms with E-state index in [-0.39, 0.29) is 5.91 Å². The summed E-state index contributed by atoms with van der Waals surface area (Å²) in [4.78, 5) is 17.6. The zero-order chi connectivity index (χ0) is 17.4. The lowest BCUT2D eigenvalue weighted by Gasteiger charge is -2.21. The minimum absolute atomic E-state index is 0.0535. The minimum atomic E-state index is -0.0535. The number of amides is 1. The van der Waals surface area contributed by atoms with E-state index in [9.17, 15) is 4.79 Å². The van der Waals surface area contributed by atoms with E-state index in [4.69, 9.17) is 9.47 Å². The third-order valence-electron chi connectivity index (χ3n) is 4.19. The predicted molar refractivity (Wildman–Crippen MR) is 99.2 cm³/mol. The quantitative estimate of drug-likeness (QED) is 0.723. The number of aromatic amines is 1. The van der Waals surface area contributed by atoms with Crippen molar-refractivity contribution in [2.45, 2.75) is 6.54 Å². The lowest BCUT2D eigenvalue weighted by molar-refractivity contribution is 0.0780. The van der Waals surface area contributed by atoms with Crippen molar-refractivity contribution in [2.24, 2.45) is 0 Å². The molecule has 5 nitrogen and oxygen atoms in total. The summed E-state index contributed by atoms with van der Waals surface area (Å²) in [6.45, 7) is 1.62. The molecular formula is C19H17BrN2O3. The highest BCUT2D eigenvalue weighted by Gasteiger charge is 2.17. The highest BCUT2D eigenvalue weighted by Crippen LogP contribution is 2.31. The van der Waals surface area contributed by atoms with Crippen LogP contribution in [0.3, 0.4) is 0 Å². The van der Waals surface area contributed by atoms with Crippen LogP contribution in [0.25, 0.3) is 10.9 Å². The molecule has 4 rings (SSSR count). The number of ether oxygens (including phenoxy) is 2. The van der Waals surface area contributed by atoms with E-state index in [1.807, 2.05) is 42.5 Å². The number of fused-ring (bicyclic) bond motifs is 2. The minimum Gasteiger partial charge on any atom is -0.486 e. The Balaban J connectivity index is 1.53. The number of hydrogen-bond donors (Lipinski definition) is 1. The van der Waals surface area contributed by atoms with Gasteiger partial charge in [0.2, 0.25) is 0 Å². The molecule has 2 aromatic carbocycles. The summed E-state index contributed by atoms with van der Waals surface area (Å²) in [7, 11) is 1.79. The van der Waals surface area contributed by atoms with Crippen LogP contribution in [0.4, 0.5) is 0 Å². The van der Waals surface area contributed by atoms with Crippen LogP contribution in [0.15, 0.2) is 46.9 Å². The molecule has 0 saturated carbocycles. The molecule has 3 aromatic rings. The Hall–Kier alpha value is -2.47. The van der Waals surface area contributed by atoms with E-state index in [0.717, 1.165) is 32.4 Å². The first-order valence-corrected chi connectivity index (χ1v) is 8.82. The average molecular weight is 401 g/mol. The topological polar surface area (TPSA) is 54.6 Å². The molecule has 0 aliphatic carbocycles. The van der Waals surface area contributed by atoms with Gasteiger partial charge in [-0.15, -0.1) is 0 Å². The number of H-pyrrole nitrogens is 1. The summed E-state index contributed by atoms with van der Waals surface area (Å²) in [5, 5.41) is 1.01. The molecule has 0 fully saturated rings. The fourth-order valence-electron chi connectivity index (χ4n) is 2.95. The number of hydrogen-bond acceptors (Lipinski definition) is 3. The highest BCUT2D eigenvalue weighted by molar-refractivity contribution is 9.10. The molecule has 0 unspecified atom stereocenters. The van der Waals surface area contributed by atoms with Gasteiger partial charge in [-0.3, -0.25) is 4.79 Å². The molecule has 1 N–H and O–H groups in total. The first-order valence-electron chi connectivity index (χ1n) is 8.02. The Morgan fingerprint density at radius 1 is 1.12 bits per heavy atom. The van der Waals surface area contributed by atoms with Crippen LogP contribution < -0.4 is 9.47 Å². The second-order valence-corrected chi connectivity index (χ2v) is 6.97. The summed E-state index contributed by atoms with van der Waals surface area (Å²) in [5.41, 5.74) is 2.51. The predicted octanol–water partition coefficient (Wildman–Crippen LogP) is 3.97. The Kier molecular flexibility index (Phi) is 4.13. The van der Waals surface area contributed by atoms with Gasteiger partial charge in [0.05, 0.1) is 0 Å². The SMILES string of the molecule is CN(Cc1ccc2c(c1)OCCO2)C(=O)c1cc2ccc(Br)cc2[nH]1. The number of nitrogens with zero attached hydrogens (tertiary/aromatic N) is 1. The fraction of sp³-hybridized carbons (Fsp3) is 0.211. The molecule has 0 radical (unpaired) electrons. The van der Waals surface area contributed by atoms with E-state index in [1.165, 1.54) is 0 Å². The van der Waals surface area contributed by atoms with Gasteiger partial charge in [-0.1, -0.05) is 28.1 Å². The van der Waals surface area contributed by atoms with Crippen molar-refractivity contribution in [3.05, 3.63) is 58.2 Å². The number of aromatic nitrogens is 1. The lowest BCUT2D eigenvalue weighted by Crippen LogP contribution is -2.26. The summed E-state index contributed by atoms with van der Waals surface area (Å²) in [6, 6.07) is 13.6. The summed E-state index contributed by atoms with van der Waals surface area (Å²) < 4.78 is 12.1. The van der Waals surface area contributed by atoms with Gasteiger partial charge in [-0.2, -0.15) is 0 Å². The van der Waals surface area contributed by atoms with Gasteiger partial charge in [0.15, 0.2) is 11.5 Å². The molecular weight excluding hydrogens is 384 g/mol. The monoisotopic (exact) mass is 400 g/mol. The zero-order valence-corrected chi connectivity index (χ0v) is 15.3. The van der Waals surface area contributed by atoms with Crippen molar-refractivity contribution < 1.29 is 14.3 Å². The van der Waals surface area contributed by atoms with Gasteiger partial charge in [-0.05, 0) is 35.9 Å². The summed E-state index contributed by atoms with van der Waals surface area (Å²) in [5.74, 6) is 1.44. The third kappa shape index (κ3) is 3.22. The average Bonchev–Trinajstić information content (AvgIpc) is 3.04. The third-order valence-corrected chi connectivity index (χ3v) is 4.68. The van der Waals surface area contributed by atoms with Gasteiger partial charge in [0.1, 0.15) is 18.9 Å². The van der Waals surface area contributed by atoms with Crippen molar-refractivity contribution in [3.8, 4) is 11.5 Å². The van der Waals surface area contributed by atoms with Gasteiger partial charge >= 0.3 is 0 Å². The van der Waals surface area contributed by atoms with Crippen LogP contribution in [0.1, 0.15) is 16.1 Å². The Morgan fingerprint density at radius 3 is 2.76 bits per heavy atom. The molecule has 1 aliphatic rings. The Bertz CT molecular complexity index is 951. The molecule has 2 heterocycles. The Morgan fingerprint density at radius 2 is 1.92 bits per heavy atom. The zero-order valence-electron chi connectivity index (χ0n) is 13.7. The first-order chi connectivity index (χ1) is 12.1. The molecule has 1 amide bonds. The molecule has 6 heteroatoms. The van der Waals surface area contributed by atoms with Crippen molar-refractivity contribution in [2.75, 3.05) is 20.3 Å². The van der Waals surface area contributed by atoms with Crippen LogP contribution in [0.5, 0.6) is 11.5 Å². The number of carbonyl (C=O) groups excluding carboxylic acids is 1. The van der Waals surface area contributed by atoms with Crippen LogP contribution in [0.2, 0.25) is 0 Å². The van der Waals surface area contributed by atoms with Crippen molar-refractivity contribution in [1.82, 2.24) is 9.88 Å². The number of nitrogens with one attached hydrogen (secondary N) is 1. The normalized spacial score (nSPS) is 13.0. The number of carbonyl (C=O) groups is 1. The van der Waals surface area contributed by atoms with Crippen LogP contribution >= 0.6 is 15.9 Å². The highest BCUT2D eigenvalue weighted by atomic mass is 79.9. The van der Waals surface area contributed by atoms with E-state index < -0.39 is 0 Å². The molecule has 128 valence electrons. The lowest BCUT2D eigenvalue weighted by atomic mass is 10.1. The van der Waals surface area contributed by atoms with Crippen LogP contribution in [-0.4, -0.2) is 36.1 Å². The van der Waals surface area contributed by atoms with Gasteiger partial charge < -0.3 is 19.4 Å². The number of halogens is 1. The maximum absolute atomic E-state index is 12.7. The Labute approximate surface area is 153 Å². The molecule has 0 spiro atoms. The van der Waals surface area contributed by atoms with E-state index in [0.29, 0.717) is 25.5 Å². The maximum atomic E-state index is 12.7. The summed E-state index contributed by atoms with van der Waals surface area (Å²) >= 11 is 3.44. The van der Waals surface area contributed by atoms with Crippen molar-refractivity contribution >= 4 is 32.7 Å². The smallest absolute Gasteiger partial charge is 0.270 e. The molecule has 0 atom stereocenters. The molecule has 0 saturated heterocycles. The second-order valence-electron chi connectivity index (χ2n) is 6.05. The van der Waals surface area contributed by atoms with Crippen molar-refractivity contribution in [1.29, 1.82) is 0 Å². The van der Waals surface area contributed by atoms with Gasteiger partial charge in [-0.25, -0.2) is 0 Å². The second kappa shape index (κ2) is 6.44. The van der Waals surface area contributed by atoms with E-state index in [1.54, 1.807) is 11.9 Å². The molecule has 0 bridgehead atoms. The van der Waals surface area contributed by atoms with Crippen LogP contribution in [-0.2, 0) is 6.54 Å². The van der Waals surface area contributed by atoms with Crippen LogP contribution in [0, 0.1) is 0 Å². The fourth-order valence-corrected chi connectivity index (χ4v) is 3.31. The number of benzene rings is 2. The largest absolute Gasteiger partial charge is 0.486 e. The van der Waals surface area contributed by atoms with Crippen molar-refractivity contribution in [3.63, 3.8) is 0 Å². The number of rotatable bonds is 3. The van der Waals surface area contributed by atoms with Gasteiger partial charge in [0, 0.05) is 29.0 Å². The molecule has 1 aromatic heterocycles. The summed E-state index contributed by atoms with van der Waals surface area (Å²) in [6.07, 6.45) is 0. The first kappa shape index (κ1) is 16.0. The van der Waals surface area contributed by atoms with E-state index in [2.05, 4.69) is 20.9 Å². The standard InChI is InChI=1S/C19H17BrN2O3/c1-22(11-12-2-5-17-18(8-12)25-7-6-24-17)19(23)16-9-13-3-4-14(20)10-15(13)21-16/h2-5,8-10,21H,6-7,11H2,1H3.